The molecule has 1 atom stereocenters. The zero-order valence-electron chi connectivity index (χ0n) is 4.35. The molecule has 0 aromatic rings. The van der Waals surface area contributed by atoms with E-state index in [1.165, 1.54) is 0 Å². The summed E-state index contributed by atoms with van der Waals surface area (Å²) in [4.78, 5) is 9.95. The molecule has 0 aliphatic carbocycles. The van der Waals surface area contributed by atoms with Gasteiger partial charge in [0.25, 0.3) is 0 Å². The van der Waals surface area contributed by atoms with Crippen LogP contribution < -0.4 is 11.5 Å². The van der Waals surface area contributed by atoms with Crippen molar-refractivity contribution in [1.82, 2.24) is 0 Å². The summed E-state index contributed by atoms with van der Waals surface area (Å²) in [6.07, 6.45) is 0.278. The summed E-state index contributed by atoms with van der Waals surface area (Å²) < 4.78 is 0. The third-order valence-electron chi connectivity index (χ3n) is 0.523. The van der Waals surface area contributed by atoms with Crippen LogP contribution in [0.25, 0.3) is 0 Å². The Hall–Kier alpha value is -0.570. The molecule has 0 aromatic carbocycles. The second kappa shape index (κ2) is 2.58. The minimum atomic E-state index is -0.338. The van der Waals surface area contributed by atoms with Crippen LogP contribution in [0.1, 0.15) is 13.3 Å². The molecule has 4 N–H and O–H groups in total. The molecule has 3 heteroatoms. The van der Waals surface area contributed by atoms with E-state index in [9.17, 15) is 4.79 Å². The predicted octanol–water partition coefficient (Wildman–Crippen LogP) is -0.791. The summed E-state index contributed by atoms with van der Waals surface area (Å²) in [6.45, 7) is 1.74. The number of carbonyl (C=O) groups is 1. The Labute approximate surface area is 42.7 Å². The maximum atomic E-state index is 9.95. The van der Waals surface area contributed by atoms with Crippen LogP contribution in [0.15, 0.2) is 0 Å². The van der Waals surface area contributed by atoms with Gasteiger partial charge in [0.15, 0.2) is 0 Å². The first-order chi connectivity index (χ1) is 3.13. The van der Waals surface area contributed by atoms with Gasteiger partial charge < -0.3 is 11.5 Å². The number of hydrogen-bond acceptors (Lipinski definition) is 2. The van der Waals surface area contributed by atoms with E-state index in [2.05, 4.69) is 0 Å². The molecule has 0 rings (SSSR count). The molecule has 0 spiro atoms. The summed E-state index contributed by atoms with van der Waals surface area (Å²) in [7, 11) is 0. The normalized spacial score (nSPS) is 13.4. The van der Waals surface area contributed by atoms with Gasteiger partial charge in [-0.2, -0.15) is 0 Å². The number of amides is 1. The van der Waals surface area contributed by atoms with E-state index in [1.54, 1.807) is 6.92 Å². The van der Waals surface area contributed by atoms with Crippen molar-refractivity contribution >= 4 is 5.91 Å². The summed E-state index contributed by atoms with van der Waals surface area (Å²) in [6, 6.07) is -0.0995. The van der Waals surface area contributed by atoms with Gasteiger partial charge in [-0.1, -0.05) is 0 Å². The quantitative estimate of drug-likeness (QED) is 0.479. The Balaban J connectivity index is 3.13. The molecule has 0 fully saturated rings. The molecule has 0 aliphatic heterocycles. The van der Waals surface area contributed by atoms with E-state index >= 15 is 0 Å². The van der Waals surface area contributed by atoms with Crippen molar-refractivity contribution in [2.45, 2.75) is 19.4 Å². The highest BCUT2D eigenvalue weighted by molar-refractivity contribution is 5.74. The van der Waals surface area contributed by atoms with Crippen molar-refractivity contribution in [2.75, 3.05) is 0 Å². The minimum absolute atomic E-state index is 0.0995. The van der Waals surface area contributed by atoms with E-state index in [4.69, 9.17) is 11.5 Å². The van der Waals surface area contributed by atoms with Crippen LogP contribution in [-0.2, 0) is 4.79 Å². The Bertz CT molecular complexity index is 70.1. The average molecular weight is 102 g/mol. The molecule has 0 heterocycles. The van der Waals surface area contributed by atoms with Crippen molar-refractivity contribution in [1.29, 1.82) is 0 Å². The van der Waals surface area contributed by atoms with Gasteiger partial charge >= 0.3 is 0 Å². The van der Waals surface area contributed by atoms with Gasteiger partial charge in [-0.05, 0) is 6.92 Å². The molecule has 0 bridgehead atoms. The molecular weight excluding hydrogens is 92.1 g/mol. The largest absolute Gasteiger partial charge is 0.370 e. The van der Waals surface area contributed by atoms with Crippen molar-refractivity contribution < 1.29 is 4.79 Å². The van der Waals surface area contributed by atoms with Crippen molar-refractivity contribution in [3.63, 3.8) is 0 Å². The van der Waals surface area contributed by atoms with Crippen LogP contribution in [0.4, 0.5) is 0 Å². The first-order valence-corrected chi connectivity index (χ1v) is 2.17. The molecule has 3 nitrogen and oxygen atoms in total. The van der Waals surface area contributed by atoms with E-state index in [1.807, 2.05) is 0 Å². The second-order valence-corrected chi connectivity index (χ2v) is 1.65. The summed E-state index contributed by atoms with van der Waals surface area (Å²) in [5, 5.41) is 0. The lowest BCUT2D eigenvalue weighted by Crippen LogP contribution is -2.24. The molecule has 0 saturated carbocycles. The summed E-state index contributed by atoms with van der Waals surface area (Å²) in [5.41, 5.74) is 9.97. The molecule has 0 unspecified atom stereocenters. The SMILES string of the molecule is C[C@H](N)CC(N)=O. The Morgan fingerprint density at radius 2 is 2.29 bits per heavy atom. The zero-order chi connectivity index (χ0) is 5.86. The standard InChI is InChI=1S/C4H10N2O/c1-3(5)2-4(6)7/h3H,2,5H2,1H3,(H2,6,7)/t3-/m0/s1. The first kappa shape index (κ1) is 6.43. The highest BCUT2D eigenvalue weighted by atomic mass is 16.1. The zero-order valence-corrected chi connectivity index (χ0v) is 4.35. The van der Waals surface area contributed by atoms with Crippen LogP contribution in [0.2, 0.25) is 0 Å². The number of nitrogens with two attached hydrogens (primary N) is 2. The highest BCUT2D eigenvalue weighted by Gasteiger charge is 1.96. The van der Waals surface area contributed by atoms with Gasteiger partial charge in [0.2, 0.25) is 5.91 Å². The van der Waals surface area contributed by atoms with Crippen molar-refractivity contribution in [3.8, 4) is 0 Å². The number of hydrogen-bond donors (Lipinski definition) is 2. The average Bonchev–Trinajstić information content (AvgIpc) is 1.27. The molecule has 0 aromatic heterocycles. The molecule has 7 heavy (non-hydrogen) atoms. The van der Waals surface area contributed by atoms with Gasteiger partial charge in [0.1, 0.15) is 0 Å². The van der Waals surface area contributed by atoms with Gasteiger partial charge in [-0.25, -0.2) is 0 Å². The fourth-order valence-corrected chi connectivity index (χ4v) is 0.317. The monoisotopic (exact) mass is 102 g/mol. The van der Waals surface area contributed by atoms with E-state index in [0.717, 1.165) is 0 Å². The van der Waals surface area contributed by atoms with Crippen molar-refractivity contribution in [3.05, 3.63) is 0 Å². The van der Waals surface area contributed by atoms with Crippen LogP contribution in [0.5, 0.6) is 0 Å². The molecule has 0 aliphatic rings. The van der Waals surface area contributed by atoms with Crippen LogP contribution in [-0.4, -0.2) is 11.9 Å². The third-order valence-corrected chi connectivity index (χ3v) is 0.523. The van der Waals surface area contributed by atoms with E-state index in [0.29, 0.717) is 0 Å². The van der Waals surface area contributed by atoms with Gasteiger partial charge in [0, 0.05) is 12.5 Å². The lowest BCUT2D eigenvalue weighted by molar-refractivity contribution is -0.118. The predicted molar refractivity (Wildman–Crippen MR) is 27.5 cm³/mol. The van der Waals surface area contributed by atoms with E-state index < -0.39 is 0 Å². The van der Waals surface area contributed by atoms with Gasteiger partial charge in [0.05, 0.1) is 0 Å². The van der Waals surface area contributed by atoms with Gasteiger partial charge in [-0.3, -0.25) is 4.79 Å². The topological polar surface area (TPSA) is 69.1 Å². The maximum absolute atomic E-state index is 9.95. The van der Waals surface area contributed by atoms with Gasteiger partial charge in [-0.15, -0.1) is 0 Å². The number of carbonyl (C=O) groups excluding carboxylic acids is 1. The summed E-state index contributed by atoms with van der Waals surface area (Å²) in [5.74, 6) is -0.338. The first-order valence-electron chi connectivity index (χ1n) is 2.17. The minimum Gasteiger partial charge on any atom is -0.370 e. The highest BCUT2D eigenvalue weighted by Crippen LogP contribution is 1.80. The fourth-order valence-electron chi connectivity index (χ4n) is 0.317. The molecule has 1 amide bonds. The van der Waals surface area contributed by atoms with Crippen molar-refractivity contribution in [2.24, 2.45) is 11.5 Å². The second-order valence-electron chi connectivity index (χ2n) is 1.65. The maximum Gasteiger partial charge on any atom is 0.218 e. The number of primary amides is 1. The van der Waals surface area contributed by atoms with E-state index in [-0.39, 0.29) is 18.4 Å². The lowest BCUT2D eigenvalue weighted by Gasteiger charge is -1.96. The smallest absolute Gasteiger partial charge is 0.218 e. The molecule has 0 radical (unpaired) electrons. The Morgan fingerprint density at radius 3 is 2.29 bits per heavy atom. The number of rotatable bonds is 2. The van der Waals surface area contributed by atoms with Crippen LogP contribution >= 0.6 is 0 Å². The fraction of sp³-hybridized carbons (Fsp3) is 0.750. The van der Waals surface area contributed by atoms with Crippen LogP contribution in [0, 0.1) is 0 Å². The molecule has 42 valence electrons. The Morgan fingerprint density at radius 1 is 1.86 bits per heavy atom. The molecule has 0 saturated heterocycles. The summed E-state index contributed by atoms with van der Waals surface area (Å²) >= 11 is 0. The van der Waals surface area contributed by atoms with Crippen LogP contribution in [0.3, 0.4) is 0 Å². The third kappa shape index (κ3) is 5.43. The Kier molecular flexibility index (Phi) is 2.37. The lowest BCUT2D eigenvalue weighted by atomic mass is 10.2. The molecular formula is C4H10N2O.